The van der Waals surface area contributed by atoms with E-state index in [4.69, 9.17) is 9.47 Å². The van der Waals surface area contributed by atoms with Crippen LogP contribution in [-0.2, 0) is 11.3 Å². The van der Waals surface area contributed by atoms with Gasteiger partial charge in [-0.3, -0.25) is 0 Å². The van der Waals surface area contributed by atoms with Crippen molar-refractivity contribution in [3.8, 4) is 5.75 Å². The molecule has 1 aromatic heterocycles. The number of aromatic nitrogens is 2. The number of nitrogens with zero attached hydrogens (tertiary/aromatic N) is 2. The summed E-state index contributed by atoms with van der Waals surface area (Å²) in [6.45, 7) is 1.62. The molecule has 0 aliphatic carbocycles. The summed E-state index contributed by atoms with van der Waals surface area (Å²) in [5.41, 5.74) is 0.957. The largest absolute Gasteiger partial charge is 0.497 e. The van der Waals surface area contributed by atoms with Gasteiger partial charge in [-0.25, -0.2) is 4.98 Å². The smallest absolute Gasteiger partial charge is 0.207 e. The molecule has 0 bridgehead atoms. The molecule has 0 saturated carbocycles. The molecule has 5 heteroatoms. The molecule has 1 heterocycles. The number of rotatable bonds is 7. The van der Waals surface area contributed by atoms with Crippen LogP contribution in [0.4, 0.5) is 11.6 Å². The quantitative estimate of drug-likeness (QED) is 0.778. The van der Waals surface area contributed by atoms with Crippen LogP contribution in [0.5, 0.6) is 5.75 Å². The van der Waals surface area contributed by atoms with Gasteiger partial charge in [-0.2, -0.15) is 0 Å². The topological polar surface area (TPSA) is 48.3 Å². The van der Waals surface area contributed by atoms with E-state index in [1.165, 1.54) is 0 Å². The molecule has 0 fully saturated rings. The van der Waals surface area contributed by atoms with E-state index in [-0.39, 0.29) is 0 Å². The van der Waals surface area contributed by atoms with E-state index < -0.39 is 0 Å². The van der Waals surface area contributed by atoms with E-state index in [1.807, 2.05) is 30.5 Å². The minimum atomic E-state index is 0.747. The molecule has 5 nitrogen and oxygen atoms in total. The summed E-state index contributed by atoms with van der Waals surface area (Å²) in [6, 6.07) is 7.78. The third-order valence-corrected chi connectivity index (χ3v) is 2.79. The maximum atomic E-state index is 5.20. The zero-order valence-corrected chi connectivity index (χ0v) is 11.3. The lowest BCUT2D eigenvalue weighted by Crippen LogP contribution is -2.05. The van der Waals surface area contributed by atoms with Gasteiger partial charge in [0.15, 0.2) is 0 Å². The molecule has 2 aromatic rings. The van der Waals surface area contributed by atoms with E-state index in [0.717, 1.165) is 37.0 Å². The molecule has 0 spiro atoms. The molecular formula is C14H19N3O2. The summed E-state index contributed by atoms with van der Waals surface area (Å²) in [6.07, 6.45) is 4.70. The Morgan fingerprint density at radius 3 is 3.00 bits per heavy atom. The van der Waals surface area contributed by atoms with Crippen molar-refractivity contribution in [2.75, 3.05) is 26.1 Å². The molecule has 19 heavy (non-hydrogen) atoms. The molecule has 2 rings (SSSR count). The number of nitrogens with one attached hydrogen (secondary N) is 1. The maximum Gasteiger partial charge on any atom is 0.207 e. The van der Waals surface area contributed by atoms with Gasteiger partial charge < -0.3 is 19.4 Å². The number of ether oxygens (including phenoxy) is 2. The Labute approximate surface area is 113 Å². The predicted molar refractivity (Wildman–Crippen MR) is 75.0 cm³/mol. The zero-order valence-electron chi connectivity index (χ0n) is 11.3. The fourth-order valence-corrected chi connectivity index (χ4v) is 1.82. The highest BCUT2D eigenvalue weighted by Crippen LogP contribution is 2.20. The lowest BCUT2D eigenvalue weighted by Gasteiger charge is -2.10. The Hall–Kier alpha value is -2.01. The van der Waals surface area contributed by atoms with Gasteiger partial charge in [0, 0.05) is 44.4 Å². The van der Waals surface area contributed by atoms with Gasteiger partial charge in [0.1, 0.15) is 5.75 Å². The second-order valence-electron chi connectivity index (χ2n) is 4.15. The Morgan fingerprint density at radius 1 is 1.32 bits per heavy atom. The lowest BCUT2D eigenvalue weighted by atomic mass is 10.3. The Morgan fingerprint density at radius 2 is 2.21 bits per heavy atom. The van der Waals surface area contributed by atoms with E-state index >= 15 is 0 Å². The second kappa shape index (κ2) is 6.80. The fraction of sp³-hybridized carbons (Fsp3) is 0.357. The van der Waals surface area contributed by atoms with Crippen LogP contribution < -0.4 is 10.1 Å². The van der Waals surface area contributed by atoms with Gasteiger partial charge in [0.05, 0.1) is 7.11 Å². The monoisotopic (exact) mass is 261 g/mol. The van der Waals surface area contributed by atoms with Crippen LogP contribution in [0.2, 0.25) is 0 Å². The van der Waals surface area contributed by atoms with Crippen LogP contribution in [0.15, 0.2) is 36.7 Å². The highest BCUT2D eigenvalue weighted by Gasteiger charge is 2.03. The van der Waals surface area contributed by atoms with Crippen molar-refractivity contribution in [3.63, 3.8) is 0 Å². The van der Waals surface area contributed by atoms with E-state index in [9.17, 15) is 0 Å². The summed E-state index contributed by atoms with van der Waals surface area (Å²) in [7, 11) is 3.37. The summed E-state index contributed by atoms with van der Waals surface area (Å²) >= 11 is 0. The van der Waals surface area contributed by atoms with Crippen LogP contribution in [0.25, 0.3) is 0 Å². The molecule has 0 saturated heterocycles. The van der Waals surface area contributed by atoms with E-state index in [0.29, 0.717) is 0 Å². The Bertz CT molecular complexity index is 511. The molecular weight excluding hydrogens is 242 g/mol. The van der Waals surface area contributed by atoms with Crippen molar-refractivity contribution in [1.82, 2.24) is 9.55 Å². The average Bonchev–Trinajstić information content (AvgIpc) is 2.87. The van der Waals surface area contributed by atoms with Crippen molar-refractivity contribution in [2.24, 2.45) is 0 Å². The summed E-state index contributed by atoms with van der Waals surface area (Å²) < 4.78 is 12.3. The van der Waals surface area contributed by atoms with Gasteiger partial charge in [0.2, 0.25) is 5.95 Å². The van der Waals surface area contributed by atoms with Crippen molar-refractivity contribution < 1.29 is 9.47 Å². The molecule has 0 aliphatic heterocycles. The number of benzene rings is 1. The zero-order chi connectivity index (χ0) is 13.5. The first-order chi connectivity index (χ1) is 9.33. The lowest BCUT2D eigenvalue weighted by molar-refractivity contribution is 0.190. The highest BCUT2D eigenvalue weighted by atomic mass is 16.5. The number of hydrogen-bond acceptors (Lipinski definition) is 4. The predicted octanol–water partition coefficient (Wildman–Crippen LogP) is 2.67. The van der Waals surface area contributed by atoms with Crippen LogP contribution in [0, 0.1) is 0 Å². The molecule has 1 N–H and O–H groups in total. The van der Waals surface area contributed by atoms with Gasteiger partial charge in [-0.15, -0.1) is 0 Å². The van der Waals surface area contributed by atoms with Crippen LogP contribution in [-0.4, -0.2) is 30.4 Å². The summed E-state index contributed by atoms with van der Waals surface area (Å²) in [4.78, 5) is 4.32. The number of methoxy groups -OCH3 is 2. The van der Waals surface area contributed by atoms with Crippen molar-refractivity contribution in [2.45, 2.75) is 13.0 Å². The van der Waals surface area contributed by atoms with E-state index in [2.05, 4.69) is 14.9 Å². The molecule has 0 unspecified atom stereocenters. The summed E-state index contributed by atoms with van der Waals surface area (Å²) in [5, 5.41) is 3.29. The fourth-order valence-electron chi connectivity index (χ4n) is 1.82. The first-order valence-corrected chi connectivity index (χ1v) is 6.24. The summed E-state index contributed by atoms with van der Waals surface area (Å²) in [5.74, 6) is 1.65. The first-order valence-electron chi connectivity index (χ1n) is 6.24. The molecule has 0 aliphatic rings. The van der Waals surface area contributed by atoms with Crippen LogP contribution >= 0.6 is 0 Å². The standard InChI is InChI=1S/C14H19N3O2/c1-18-10-4-8-17-9-7-15-14(17)16-12-5-3-6-13(11-12)19-2/h3,5-7,9,11H,4,8,10H2,1-2H3,(H,15,16). The number of anilines is 2. The molecule has 102 valence electrons. The van der Waals surface area contributed by atoms with Crippen LogP contribution in [0.3, 0.4) is 0 Å². The molecule has 0 amide bonds. The van der Waals surface area contributed by atoms with Gasteiger partial charge in [-0.05, 0) is 18.6 Å². The van der Waals surface area contributed by atoms with Gasteiger partial charge >= 0.3 is 0 Å². The highest BCUT2D eigenvalue weighted by molar-refractivity contribution is 5.56. The first kappa shape index (κ1) is 13.4. The second-order valence-corrected chi connectivity index (χ2v) is 4.15. The number of aryl methyl sites for hydroxylation is 1. The third kappa shape index (κ3) is 3.72. The minimum absolute atomic E-state index is 0.747. The molecule has 1 aromatic carbocycles. The normalized spacial score (nSPS) is 10.4. The minimum Gasteiger partial charge on any atom is -0.497 e. The number of imidazole rings is 1. The van der Waals surface area contributed by atoms with Crippen LogP contribution in [0.1, 0.15) is 6.42 Å². The van der Waals surface area contributed by atoms with Gasteiger partial charge in [-0.1, -0.05) is 6.07 Å². The SMILES string of the molecule is COCCCn1ccnc1Nc1cccc(OC)c1. The number of hydrogen-bond donors (Lipinski definition) is 1. The van der Waals surface area contributed by atoms with Crippen molar-refractivity contribution in [3.05, 3.63) is 36.7 Å². The van der Waals surface area contributed by atoms with Gasteiger partial charge in [0.25, 0.3) is 0 Å². The third-order valence-electron chi connectivity index (χ3n) is 2.79. The van der Waals surface area contributed by atoms with Crippen molar-refractivity contribution >= 4 is 11.6 Å². The van der Waals surface area contributed by atoms with E-state index in [1.54, 1.807) is 20.4 Å². The Balaban J connectivity index is 2.03. The maximum absolute atomic E-state index is 5.20. The van der Waals surface area contributed by atoms with Crippen molar-refractivity contribution in [1.29, 1.82) is 0 Å². The Kier molecular flexibility index (Phi) is 4.80. The molecule has 0 atom stereocenters. The average molecular weight is 261 g/mol. The molecule has 0 radical (unpaired) electrons.